The highest BCUT2D eigenvalue weighted by atomic mass is 32.1. The number of thiophene rings is 1. The number of likely N-dealkylation sites (tertiary alicyclic amines) is 1. The molecule has 3 aromatic rings. The van der Waals surface area contributed by atoms with Crippen LogP contribution in [0.3, 0.4) is 0 Å². The van der Waals surface area contributed by atoms with Gasteiger partial charge >= 0.3 is 11.7 Å². The molecule has 1 fully saturated rings. The van der Waals surface area contributed by atoms with Gasteiger partial charge in [0.2, 0.25) is 5.91 Å². The van der Waals surface area contributed by atoms with Gasteiger partial charge in [-0.25, -0.2) is 9.36 Å². The van der Waals surface area contributed by atoms with Crippen molar-refractivity contribution < 1.29 is 14.3 Å². The van der Waals surface area contributed by atoms with Crippen molar-refractivity contribution in [2.45, 2.75) is 40.2 Å². The largest absolute Gasteiger partial charge is 0.466 e. The second kappa shape index (κ2) is 9.35. The van der Waals surface area contributed by atoms with Crippen molar-refractivity contribution in [2.75, 3.05) is 19.7 Å². The molecule has 2 aromatic heterocycles. The van der Waals surface area contributed by atoms with Crippen molar-refractivity contribution in [3.05, 3.63) is 61.6 Å². The first-order chi connectivity index (χ1) is 15.8. The van der Waals surface area contributed by atoms with E-state index in [9.17, 15) is 19.2 Å². The van der Waals surface area contributed by atoms with E-state index in [0.717, 1.165) is 11.1 Å². The van der Waals surface area contributed by atoms with Gasteiger partial charge in [0.05, 0.1) is 23.7 Å². The summed E-state index contributed by atoms with van der Waals surface area (Å²) in [7, 11) is 0. The van der Waals surface area contributed by atoms with Crippen LogP contribution >= 0.6 is 11.3 Å². The van der Waals surface area contributed by atoms with Crippen LogP contribution in [0.15, 0.2) is 39.2 Å². The van der Waals surface area contributed by atoms with Gasteiger partial charge in [-0.15, -0.1) is 11.3 Å². The third-order valence-corrected chi connectivity index (χ3v) is 7.01. The molecule has 0 atom stereocenters. The zero-order chi connectivity index (χ0) is 23.7. The highest BCUT2D eigenvalue weighted by Gasteiger charge is 2.29. The summed E-state index contributed by atoms with van der Waals surface area (Å²) in [6.45, 7) is 6.56. The standard InChI is InChI=1S/C24H27N3O5S/c1-4-32-23(30)17-7-10-25(11-8-17)20(28)14-26-18-9-12-33-21(18)22(29)27(24(26)31)19-13-15(2)5-6-16(19)3/h5-6,9,12-13,17H,4,7-8,10-11,14H2,1-3H3. The molecule has 1 saturated heterocycles. The lowest BCUT2D eigenvalue weighted by atomic mass is 9.97. The first-order valence-electron chi connectivity index (χ1n) is 11.1. The monoisotopic (exact) mass is 469 g/mol. The quantitative estimate of drug-likeness (QED) is 0.536. The van der Waals surface area contributed by atoms with E-state index in [1.807, 2.05) is 32.0 Å². The molecule has 174 valence electrons. The summed E-state index contributed by atoms with van der Waals surface area (Å²) in [6, 6.07) is 7.31. The molecule has 0 spiro atoms. The van der Waals surface area contributed by atoms with Crippen LogP contribution < -0.4 is 11.2 Å². The molecule has 3 heterocycles. The number of benzene rings is 1. The number of fused-ring (bicyclic) bond motifs is 1. The number of piperidine rings is 1. The van der Waals surface area contributed by atoms with Crippen molar-refractivity contribution >= 4 is 33.4 Å². The van der Waals surface area contributed by atoms with Crippen LogP contribution in [-0.2, 0) is 20.9 Å². The lowest BCUT2D eigenvalue weighted by molar-refractivity contribution is -0.151. The number of hydrogen-bond acceptors (Lipinski definition) is 6. The zero-order valence-electron chi connectivity index (χ0n) is 19.0. The summed E-state index contributed by atoms with van der Waals surface area (Å²) >= 11 is 1.26. The number of nitrogens with zero attached hydrogens (tertiary/aromatic N) is 3. The molecule has 33 heavy (non-hydrogen) atoms. The number of aromatic nitrogens is 2. The van der Waals surface area contributed by atoms with Crippen LogP contribution in [0.4, 0.5) is 0 Å². The lowest BCUT2D eigenvalue weighted by Crippen LogP contribution is -2.45. The first-order valence-corrected chi connectivity index (χ1v) is 11.9. The zero-order valence-corrected chi connectivity index (χ0v) is 19.8. The summed E-state index contributed by atoms with van der Waals surface area (Å²) < 4.78 is 8.08. The topological polar surface area (TPSA) is 90.6 Å². The van der Waals surface area contributed by atoms with Crippen LogP contribution in [0, 0.1) is 19.8 Å². The number of ether oxygens (including phenoxy) is 1. The van der Waals surface area contributed by atoms with Crippen LogP contribution in [0.25, 0.3) is 15.9 Å². The van der Waals surface area contributed by atoms with Crippen molar-refractivity contribution in [2.24, 2.45) is 5.92 Å². The van der Waals surface area contributed by atoms with E-state index in [-0.39, 0.29) is 29.9 Å². The fourth-order valence-corrected chi connectivity index (χ4v) is 5.10. The maximum atomic E-state index is 13.5. The van der Waals surface area contributed by atoms with Gasteiger partial charge in [-0.1, -0.05) is 12.1 Å². The molecule has 0 aliphatic carbocycles. The number of carbonyl (C=O) groups excluding carboxylic acids is 2. The number of aryl methyl sites for hydroxylation is 2. The van der Waals surface area contributed by atoms with Gasteiger partial charge in [0, 0.05) is 13.1 Å². The molecule has 4 rings (SSSR count). The first kappa shape index (κ1) is 23.0. The molecule has 0 radical (unpaired) electrons. The van der Waals surface area contributed by atoms with Crippen molar-refractivity contribution in [3.63, 3.8) is 0 Å². The Morgan fingerprint density at radius 3 is 2.55 bits per heavy atom. The van der Waals surface area contributed by atoms with Crippen molar-refractivity contribution in [1.82, 2.24) is 14.0 Å². The van der Waals surface area contributed by atoms with Gasteiger partial charge in [-0.3, -0.25) is 19.0 Å². The van der Waals surface area contributed by atoms with Crippen molar-refractivity contribution in [1.29, 1.82) is 0 Å². The number of amides is 1. The molecule has 1 aliphatic rings. The smallest absolute Gasteiger partial charge is 0.336 e. The number of hydrogen-bond donors (Lipinski definition) is 0. The molecule has 0 bridgehead atoms. The average molecular weight is 470 g/mol. The average Bonchev–Trinajstić information content (AvgIpc) is 3.29. The maximum absolute atomic E-state index is 13.5. The fraction of sp³-hybridized carbons (Fsp3) is 0.417. The summed E-state index contributed by atoms with van der Waals surface area (Å²) in [5.41, 5.74) is 1.81. The van der Waals surface area contributed by atoms with Gasteiger partial charge in [0.1, 0.15) is 11.2 Å². The lowest BCUT2D eigenvalue weighted by Gasteiger charge is -2.31. The van der Waals surface area contributed by atoms with E-state index in [2.05, 4.69) is 0 Å². The summed E-state index contributed by atoms with van der Waals surface area (Å²) in [6.07, 6.45) is 1.07. The van der Waals surface area contributed by atoms with E-state index in [1.165, 1.54) is 20.5 Å². The Labute approximate surface area is 195 Å². The van der Waals surface area contributed by atoms with E-state index >= 15 is 0 Å². The Kier molecular flexibility index (Phi) is 6.51. The number of rotatable bonds is 5. The predicted molar refractivity (Wildman–Crippen MR) is 127 cm³/mol. The van der Waals surface area contributed by atoms with Gasteiger partial charge in [0.15, 0.2) is 0 Å². The fourth-order valence-electron chi connectivity index (χ4n) is 4.27. The van der Waals surface area contributed by atoms with Gasteiger partial charge < -0.3 is 9.64 Å². The molecule has 0 unspecified atom stereocenters. The molecule has 9 heteroatoms. The molecule has 8 nitrogen and oxygen atoms in total. The summed E-state index contributed by atoms with van der Waals surface area (Å²) in [5.74, 6) is -0.633. The van der Waals surface area contributed by atoms with Gasteiger partial charge in [0.25, 0.3) is 5.56 Å². The number of esters is 1. The Morgan fingerprint density at radius 2 is 1.85 bits per heavy atom. The molecule has 0 saturated carbocycles. The summed E-state index contributed by atoms with van der Waals surface area (Å²) in [5, 5.41) is 1.75. The SMILES string of the molecule is CCOC(=O)C1CCN(C(=O)Cn2c(=O)n(-c3cc(C)ccc3C)c(=O)c3sccc32)CC1. The molecule has 0 N–H and O–H groups in total. The molecule has 1 amide bonds. The maximum Gasteiger partial charge on any atom is 0.336 e. The second-order valence-electron chi connectivity index (χ2n) is 8.34. The Hall–Kier alpha value is -3.20. The molecular formula is C24H27N3O5S. The highest BCUT2D eigenvalue weighted by Crippen LogP contribution is 2.21. The third-order valence-electron chi connectivity index (χ3n) is 6.12. The predicted octanol–water partition coefficient (Wildman–Crippen LogP) is 2.63. The number of carbonyl (C=O) groups is 2. The second-order valence-corrected chi connectivity index (χ2v) is 9.26. The Morgan fingerprint density at radius 1 is 1.12 bits per heavy atom. The van der Waals surface area contributed by atoms with Crippen LogP contribution in [0.1, 0.15) is 30.9 Å². The Balaban J connectivity index is 1.67. The molecular weight excluding hydrogens is 442 g/mol. The van der Waals surface area contributed by atoms with E-state index < -0.39 is 5.69 Å². The minimum Gasteiger partial charge on any atom is -0.466 e. The molecule has 1 aliphatic heterocycles. The minimum absolute atomic E-state index is 0.165. The van der Waals surface area contributed by atoms with Crippen molar-refractivity contribution in [3.8, 4) is 5.69 Å². The Bertz CT molecular complexity index is 1330. The van der Waals surface area contributed by atoms with Crippen LogP contribution in [0.5, 0.6) is 0 Å². The van der Waals surface area contributed by atoms with Gasteiger partial charge in [-0.05, 0) is 62.3 Å². The highest BCUT2D eigenvalue weighted by molar-refractivity contribution is 7.17. The minimum atomic E-state index is -0.533. The van der Waals surface area contributed by atoms with Gasteiger partial charge in [-0.2, -0.15) is 0 Å². The summed E-state index contributed by atoms with van der Waals surface area (Å²) in [4.78, 5) is 53.4. The molecule has 1 aromatic carbocycles. The van der Waals surface area contributed by atoms with Crippen LogP contribution in [0.2, 0.25) is 0 Å². The van der Waals surface area contributed by atoms with Crippen LogP contribution in [-0.4, -0.2) is 45.6 Å². The third kappa shape index (κ3) is 4.37. The van der Waals surface area contributed by atoms with E-state index in [4.69, 9.17) is 4.74 Å². The van der Waals surface area contributed by atoms with E-state index in [1.54, 1.807) is 23.3 Å². The van der Waals surface area contributed by atoms with E-state index in [0.29, 0.717) is 48.4 Å². The normalized spacial score (nSPS) is 14.6.